The molecule has 1 unspecified atom stereocenters. The summed E-state index contributed by atoms with van der Waals surface area (Å²) in [7, 11) is 0. The van der Waals surface area contributed by atoms with Gasteiger partial charge in [-0.3, -0.25) is 0 Å². The first kappa shape index (κ1) is 14.3. The van der Waals surface area contributed by atoms with E-state index in [1.807, 2.05) is 0 Å². The standard InChI is InChI=1S/C16H23FN4/c1-11(2)9-21(10-13-4-3-7-18-13)16-19-14-6-5-12(17)8-15(14)20-16/h5-6,8,11,13,18H,3-4,7,9-10H2,1-2H3,(H,19,20). The van der Waals surface area contributed by atoms with E-state index in [0.29, 0.717) is 12.0 Å². The van der Waals surface area contributed by atoms with Crippen molar-refractivity contribution in [1.82, 2.24) is 15.3 Å². The number of H-pyrrole nitrogens is 1. The molecule has 2 heterocycles. The van der Waals surface area contributed by atoms with Crippen LogP contribution in [-0.2, 0) is 0 Å². The molecule has 21 heavy (non-hydrogen) atoms. The Hall–Kier alpha value is -1.62. The van der Waals surface area contributed by atoms with Gasteiger partial charge in [0.05, 0.1) is 11.0 Å². The van der Waals surface area contributed by atoms with Gasteiger partial charge in [0.1, 0.15) is 5.82 Å². The number of nitrogens with zero attached hydrogens (tertiary/aromatic N) is 2. The van der Waals surface area contributed by atoms with E-state index in [9.17, 15) is 4.39 Å². The summed E-state index contributed by atoms with van der Waals surface area (Å²) in [6.07, 6.45) is 2.45. The van der Waals surface area contributed by atoms with E-state index in [-0.39, 0.29) is 5.82 Å². The van der Waals surface area contributed by atoms with Gasteiger partial charge in [-0.2, -0.15) is 0 Å². The second kappa shape index (κ2) is 6.02. The lowest BCUT2D eigenvalue weighted by atomic mass is 10.1. The fraction of sp³-hybridized carbons (Fsp3) is 0.562. The van der Waals surface area contributed by atoms with Crippen LogP contribution in [0.5, 0.6) is 0 Å². The van der Waals surface area contributed by atoms with Crippen LogP contribution >= 0.6 is 0 Å². The van der Waals surface area contributed by atoms with Gasteiger partial charge < -0.3 is 15.2 Å². The SMILES string of the molecule is CC(C)CN(CC1CCCN1)c1nc2ccc(F)cc2[nH]1. The molecule has 0 spiro atoms. The number of rotatable bonds is 5. The number of imidazole rings is 1. The minimum Gasteiger partial charge on any atom is -0.341 e. The molecule has 2 aromatic rings. The maximum atomic E-state index is 13.3. The molecule has 114 valence electrons. The van der Waals surface area contributed by atoms with Gasteiger partial charge in [-0.25, -0.2) is 9.37 Å². The van der Waals surface area contributed by atoms with E-state index >= 15 is 0 Å². The molecular formula is C16H23FN4. The first-order chi connectivity index (χ1) is 10.1. The first-order valence-electron chi connectivity index (χ1n) is 7.75. The molecule has 5 heteroatoms. The van der Waals surface area contributed by atoms with Gasteiger partial charge in [-0.05, 0) is 43.5 Å². The summed E-state index contributed by atoms with van der Waals surface area (Å²) in [5.74, 6) is 1.17. The molecule has 0 bridgehead atoms. The van der Waals surface area contributed by atoms with Gasteiger partial charge in [0, 0.05) is 19.1 Å². The number of hydrogen-bond acceptors (Lipinski definition) is 3. The van der Waals surface area contributed by atoms with Crippen molar-refractivity contribution in [1.29, 1.82) is 0 Å². The summed E-state index contributed by atoms with van der Waals surface area (Å²) in [6.45, 7) is 7.40. The molecule has 1 saturated heterocycles. The first-order valence-corrected chi connectivity index (χ1v) is 7.75. The number of nitrogens with one attached hydrogen (secondary N) is 2. The highest BCUT2D eigenvalue weighted by Crippen LogP contribution is 2.20. The predicted molar refractivity (Wildman–Crippen MR) is 84.1 cm³/mol. The van der Waals surface area contributed by atoms with Crippen LogP contribution < -0.4 is 10.2 Å². The molecule has 1 aliphatic heterocycles. The zero-order valence-corrected chi connectivity index (χ0v) is 12.7. The summed E-state index contributed by atoms with van der Waals surface area (Å²) in [4.78, 5) is 10.2. The van der Waals surface area contributed by atoms with Crippen LogP contribution in [0.1, 0.15) is 26.7 Å². The zero-order chi connectivity index (χ0) is 14.8. The van der Waals surface area contributed by atoms with Crippen molar-refractivity contribution in [3.63, 3.8) is 0 Å². The average molecular weight is 290 g/mol. The van der Waals surface area contributed by atoms with Crippen molar-refractivity contribution in [3.8, 4) is 0 Å². The van der Waals surface area contributed by atoms with Gasteiger partial charge >= 0.3 is 0 Å². The Morgan fingerprint density at radius 2 is 2.29 bits per heavy atom. The van der Waals surface area contributed by atoms with Crippen LogP contribution in [0.25, 0.3) is 11.0 Å². The predicted octanol–water partition coefficient (Wildman–Crippen LogP) is 2.92. The number of fused-ring (bicyclic) bond motifs is 1. The average Bonchev–Trinajstić information content (AvgIpc) is 3.05. The second-order valence-electron chi connectivity index (χ2n) is 6.31. The van der Waals surface area contributed by atoms with Gasteiger partial charge in [0.15, 0.2) is 0 Å². The smallest absolute Gasteiger partial charge is 0.203 e. The van der Waals surface area contributed by atoms with Crippen LogP contribution in [0.15, 0.2) is 18.2 Å². The Balaban J connectivity index is 1.85. The van der Waals surface area contributed by atoms with Gasteiger partial charge in [0.25, 0.3) is 0 Å². The van der Waals surface area contributed by atoms with Crippen LogP contribution in [0.3, 0.4) is 0 Å². The molecule has 1 fully saturated rings. The minimum atomic E-state index is -0.231. The van der Waals surface area contributed by atoms with E-state index in [1.54, 1.807) is 6.07 Å². The van der Waals surface area contributed by atoms with E-state index in [4.69, 9.17) is 0 Å². The largest absolute Gasteiger partial charge is 0.341 e. The maximum absolute atomic E-state index is 13.3. The molecule has 4 nitrogen and oxygen atoms in total. The number of hydrogen-bond donors (Lipinski definition) is 2. The monoisotopic (exact) mass is 290 g/mol. The molecule has 1 aromatic heterocycles. The highest BCUT2D eigenvalue weighted by molar-refractivity contribution is 5.77. The van der Waals surface area contributed by atoms with Crippen LogP contribution in [0, 0.1) is 11.7 Å². The molecule has 0 radical (unpaired) electrons. The topological polar surface area (TPSA) is 44.0 Å². The fourth-order valence-corrected chi connectivity index (χ4v) is 2.98. The lowest BCUT2D eigenvalue weighted by Gasteiger charge is -2.27. The Labute approximate surface area is 124 Å². The maximum Gasteiger partial charge on any atom is 0.203 e. The minimum absolute atomic E-state index is 0.231. The van der Waals surface area contributed by atoms with Crippen molar-refractivity contribution < 1.29 is 4.39 Å². The quantitative estimate of drug-likeness (QED) is 0.890. The summed E-state index contributed by atoms with van der Waals surface area (Å²) in [6, 6.07) is 5.21. The summed E-state index contributed by atoms with van der Waals surface area (Å²) in [5.41, 5.74) is 1.58. The fourth-order valence-electron chi connectivity index (χ4n) is 2.98. The number of benzene rings is 1. The van der Waals surface area contributed by atoms with E-state index in [1.165, 1.54) is 25.0 Å². The Kier molecular flexibility index (Phi) is 4.10. The summed E-state index contributed by atoms with van der Waals surface area (Å²) >= 11 is 0. The third-order valence-corrected chi connectivity index (χ3v) is 3.92. The third kappa shape index (κ3) is 3.35. The lowest BCUT2D eigenvalue weighted by molar-refractivity contribution is 0.535. The summed E-state index contributed by atoms with van der Waals surface area (Å²) < 4.78 is 13.3. The van der Waals surface area contributed by atoms with Gasteiger partial charge in [0.2, 0.25) is 5.95 Å². The van der Waals surface area contributed by atoms with E-state index < -0.39 is 0 Å². The van der Waals surface area contributed by atoms with Crippen LogP contribution in [-0.4, -0.2) is 35.6 Å². The molecule has 1 atom stereocenters. The van der Waals surface area contributed by atoms with Crippen molar-refractivity contribution in [2.24, 2.45) is 5.92 Å². The van der Waals surface area contributed by atoms with Crippen molar-refractivity contribution in [2.75, 3.05) is 24.5 Å². The highest BCUT2D eigenvalue weighted by Gasteiger charge is 2.20. The van der Waals surface area contributed by atoms with Crippen molar-refractivity contribution in [3.05, 3.63) is 24.0 Å². The van der Waals surface area contributed by atoms with Crippen LogP contribution in [0.2, 0.25) is 0 Å². The molecular weight excluding hydrogens is 267 g/mol. The molecule has 1 aliphatic rings. The van der Waals surface area contributed by atoms with Crippen molar-refractivity contribution >= 4 is 17.0 Å². The Morgan fingerprint density at radius 1 is 1.43 bits per heavy atom. The molecule has 2 N–H and O–H groups in total. The van der Waals surface area contributed by atoms with E-state index in [2.05, 4.69) is 34.0 Å². The van der Waals surface area contributed by atoms with Crippen molar-refractivity contribution in [2.45, 2.75) is 32.7 Å². The molecule has 0 amide bonds. The molecule has 0 saturated carbocycles. The Morgan fingerprint density at radius 3 is 3.00 bits per heavy atom. The second-order valence-corrected chi connectivity index (χ2v) is 6.31. The number of aromatic amines is 1. The number of halogens is 1. The van der Waals surface area contributed by atoms with Gasteiger partial charge in [-0.15, -0.1) is 0 Å². The normalized spacial score (nSPS) is 18.8. The molecule has 3 rings (SSSR count). The van der Waals surface area contributed by atoms with Crippen LogP contribution in [0.4, 0.5) is 10.3 Å². The highest BCUT2D eigenvalue weighted by atomic mass is 19.1. The lowest BCUT2D eigenvalue weighted by Crippen LogP contribution is -2.40. The molecule has 1 aromatic carbocycles. The zero-order valence-electron chi connectivity index (χ0n) is 12.7. The third-order valence-electron chi connectivity index (χ3n) is 3.92. The number of anilines is 1. The Bertz CT molecular complexity index is 601. The van der Waals surface area contributed by atoms with E-state index in [0.717, 1.165) is 36.6 Å². The van der Waals surface area contributed by atoms with Gasteiger partial charge in [-0.1, -0.05) is 13.8 Å². The molecule has 0 aliphatic carbocycles. The summed E-state index contributed by atoms with van der Waals surface area (Å²) in [5, 5.41) is 3.53. The number of aromatic nitrogens is 2.